The second-order valence-electron chi connectivity index (χ2n) is 4.08. The van der Waals surface area contributed by atoms with Gasteiger partial charge in [0, 0.05) is 0 Å². The van der Waals surface area contributed by atoms with Crippen molar-refractivity contribution in [2.75, 3.05) is 5.32 Å². The molecule has 0 aliphatic heterocycles. The molecule has 92 valence electrons. The van der Waals surface area contributed by atoms with E-state index < -0.39 is 0 Å². The standard InChI is InChI=1S/C12H12N4OS/c1-7-3-4-10-9(5-7)15-12(18-10)13-6-11-14-8(2)16-17-11/h3-5H,6H2,1-2H3,(H,13,15). The Morgan fingerprint density at radius 2 is 2.17 bits per heavy atom. The third-order valence-electron chi connectivity index (χ3n) is 2.50. The molecule has 0 unspecified atom stereocenters. The topological polar surface area (TPSA) is 63.8 Å². The van der Waals surface area contributed by atoms with Crippen molar-refractivity contribution in [1.29, 1.82) is 0 Å². The smallest absolute Gasteiger partial charge is 0.246 e. The first-order valence-corrected chi connectivity index (χ1v) is 6.42. The van der Waals surface area contributed by atoms with Gasteiger partial charge in [0.25, 0.3) is 0 Å². The highest BCUT2D eigenvalue weighted by molar-refractivity contribution is 7.22. The summed E-state index contributed by atoms with van der Waals surface area (Å²) in [6.45, 7) is 4.36. The van der Waals surface area contributed by atoms with Crippen LogP contribution in [0.4, 0.5) is 5.13 Å². The Labute approximate surface area is 108 Å². The number of nitrogens with zero attached hydrogens (tertiary/aromatic N) is 3. The van der Waals surface area contributed by atoms with E-state index in [1.807, 2.05) is 0 Å². The molecule has 0 saturated heterocycles. The van der Waals surface area contributed by atoms with Gasteiger partial charge in [0.05, 0.1) is 16.8 Å². The van der Waals surface area contributed by atoms with E-state index in [1.54, 1.807) is 18.3 Å². The first-order chi connectivity index (χ1) is 8.70. The van der Waals surface area contributed by atoms with E-state index in [0.717, 1.165) is 10.6 Å². The minimum Gasteiger partial charge on any atom is -0.352 e. The minimum absolute atomic E-state index is 0.500. The van der Waals surface area contributed by atoms with Crippen molar-refractivity contribution in [2.45, 2.75) is 20.4 Å². The number of fused-ring (bicyclic) bond motifs is 1. The lowest BCUT2D eigenvalue weighted by Gasteiger charge is -1.95. The lowest BCUT2D eigenvalue weighted by Crippen LogP contribution is -1.98. The molecule has 0 atom stereocenters. The number of benzene rings is 1. The lowest BCUT2D eigenvalue weighted by atomic mass is 10.2. The summed E-state index contributed by atoms with van der Waals surface area (Å²) in [4.78, 5) is 8.64. The molecule has 2 heterocycles. The molecule has 1 N–H and O–H groups in total. The fourth-order valence-electron chi connectivity index (χ4n) is 1.68. The molecular weight excluding hydrogens is 248 g/mol. The van der Waals surface area contributed by atoms with Crippen LogP contribution >= 0.6 is 11.3 Å². The van der Waals surface area contributed by atoms with E-state index in [4.69, 9.17) is 4.52 Å². The Kier molecular flexibility index (Phi) is 2.71. The molecule has 1 aromatic carbocycles. The third kappa shape index (κ3) is 2.19. The van der Waals surface area contributed by atoms with Crippen LogP contribution in [0.15, 0.2) is 22.7 Å². The second-order valence-corrected chi connectivity index (χ2v) is 5.11. The molecule has 0 saturated carbocycles. The Morgan fingerprint density at radius 1 is 1.28 bits per heavy atom. The Balaban J connectivity index is 1.78. The average Bonchev–Trinajstić information content (AvgIpc) is 2.92. The first kappa shape index (κ1) is 11.2. The average molecular weight is 260 g/mol. The Hall–Kier alpha value is -1.95. The van der Waals surface area contributed by atoms with Crippen molar-refractivity contribution in [2.24, 2.45) is 0 Å². The summed E-state index contributed by atoms with van der Waals surface area (Å²) in [6.07, 6.45) is 0. The van der Waals surface area contributed by atoms with Gasteiger partial charge >= 0.3 is 0 Å². The van der Waals surface area contributed by atoms with Gasteiger partial charge in [0.15, 0.2) is 11.0 Å². The van der Waals surface area contributed by atoms with Crippen molar-refractivity contribution in [3.05, 3.63) is 35.5 Å². The summed E-state index contributed by atoms with van der Waals surface area (Å²) in [5.41, 5.74) is 2.23. The van der Waals surface area contributed by atoms with Crippen molar-refractivity contribution in [3.63, 3.8) is 0 Å². The van der Waals surface area contributed by atoms with Gasteiger partial charge in [-0.3, -0.25) is 0 Å². The zero-order chi connectivity index (χ0) is 12.5. The van der Waals surface area contributed by atoms with Crippen LogP contribution in [0.3, 0.4) is 0 Å². The van der Waals surface area contributed by atoms with Gasteiger partial charge in [-0.25, -0.2) is 4.98 Å². The predicted octanol–water partition coefficient (Wildman–Crippen LogP) is 2.91. The molecule has 2 aromatic heterocycles. The molecule has 0 bridgehead atoms. The van der Waals surface area contributed by atoms with Crippen LogP contribution in [0.1, 0.15) is 17.3 Å². The van der Waals surface area contributed by atoms with Crippen molar-refractivity contribution in [3.8, 4) is 0 Å². The Bertz CT molecular complexity index is 688. The highest BCUT2D eigenvalue weighted by Crippen LogP contribution is 2.26. The molecule has 3 aromatic rings. The van der Waals surface area contributed by atoms with Gasteiger partial charge in [-0.15, -0.1) is 0 Å². The number of nitrogens with one attached hydrogen (secondary N) is 1. The summed E-state index contributed by atoms with van der Waals surface area (Å²) >= 11 is 1.62. The maximum Gasteiger partial charge on any atom is 0.246 e. The van der Waals surface area contributed by atoms with Crippen LogP contribution in [0.2, 0.25) is 0 Å². The monoisotopic (exact) mass is 260 g/mol. The van der Waals surface area contributed by atoms with E-state index in [2.05, 4.69) is 45.6 Å². The highest BCUT2D eigenvalue weighted by atomic mass is 32.1. The molecule has 0 fully saturated rings. The zero-order valence-electron chi connectivity index (χ0n) is 10.1. The molecule has 5 nitrogen and oxygen atoms in total. The number of hydrogen-bond donors (Lipinski definition) is 1. The van der Waals surface area contributed by atoms with Crippen LogP contribution < -0.4 is 5.32 Å². The van der Waals surface area contributed by atoms with Crippen molar-refractivity contribution in [1.82, 2.24) is 15.1 Å². The normalized spacial score (nSPS) is 11.0. The number of rotatable bonds is 3. The second kappa shape index (κ2) is 4.38. The molecule has 0 amide bonds. The fraction of sp³-hybridized carbons (Fsp3) is 0.250. The lowest BCUT2D eigenvalue weighted by molar-refractivity contribution is 0.379. The highest BCUT2D eigenvalue weighted by Gasteiger charge is 2.06. The van der Waals surface area contributed by atoms with E-state index in [0.29, 0.717) is 18.3 Å². The zero-order valence-corrected chi connectivity index (χ0v) is 10.9. The molecule has 0 aliphatic carbocycles. The van der Waals surface area contributed by atoms with Gasteiger partial charge in [-0.1, -0.05) is 22.6 Å². The molecule has 6 heteroatoms. The van der Waals surface area contributed by atoms with Crippen LogP contribution in [0, 0.1) is 13.8 Å². The molecule has 3 rings (SSSR count). The minimum atomic E-state index is 0.500. The third-order valence-corrected chi connectivity index (χ3v) is 3.50. The number of aryl methyl sites for hydroxylation is 2. The van der Waals surface area contributed by atoms with Gasteiger partial charge in [0.1, 0.15) is 0 Å². The van der Waals surface area contributed by atoms with E-state index in [-0.39, 0.29) is 0 Å². The van der Waals surface area contributed by atoms with Crippen molar-refractivity contribution < 1.29 is 4.52 Å². The van der Waals surface area contributed by atoms with E-state index >= 15 is 0 Å². The van der Waals surface area contributed by atoms with Gasteiger partial charge in [0.2, 0.25) is 5.89 Å². The number of hydrogen-bond acceptors (Lipinski definition) is 6. The summed E-state index contributed by atoms with van der Waals surface area (Å²) in [5, 5.41) is 7.80. The van der Waals surface area contributed by atoms with Crippen LogP contribution in [-0.2, 0) is 6.54 Å². The van der Waals surface area contributed by atoms with Crippen LogP contribution in [-0.4, -0.2) is 15.1 Å². The maximum absolute atomic E-state index is 5.03. The molecule has 0 spiro atoms. The summed E-state index contributed by atoms with van der Waals surface area (Å²) in [6, 6.07) is 6.25. The van der Waals surface area contributed by atoms with E-state index in [9.17, 15) is 0 Å². The summed E-state index contributed by atoms with van der Waals surface area (Å²) in [7, 11) is 0. The number of thiazole rings is 1. The van der Waals surface area contributed by atoms with Crippen LogP contribution in [0.25, 0.3) is 10.2 Å². The molecular formula is C12H12N4OS. The molecule has 0 radical (unpaired) electrons. The predicted molar refractivity (Wildman–Crippen MR) is 70.7 cm³/mol. The quantitative estimate of drug-likeness (QED) is 0.784. The Morgan fingerprint density at radius 3 is 2.94 bits per heavy atom. The number of aromatic nitrogens is 3. The molecule has 18 heavy (non-hydrogen) atoms. The van der Waals surface area contributed by atoms with Crippen LogP contribution in [0.5, 0.6) is 0 Å². The summed E-state index contributed by atoms with van der Waals surface area (Å²) < 4.78 is 6.20. The molecule has 0 aliphatic rings. The largest absolute Gasteiger partial charge is 0.352 e. The summed E-state index contributed by atoms with van der Waals surface area (Å²) in [5.74, 6) is 1.22. The first-order valence-electron chi connectivity index (χ1n) is 5.61. The van der Waals surface area contributed by atoms with Gasteiger partial charge < -0.3 is 9.84 Å². The van der Waals surface area contributed by atoms with Crippen molar-refractivity contribution >= 4 is 26.7 Å². The van der Waals surface area contributed by atoms with Gasteiger partial charge in [-0.2, -0.15) is 4.98 Å². The maximum atomic E-state index is 5.03. The van der Waals surface area contributed by atoms with Gasteiger partial charge in [-0.05, 0) is 31.5 Å². The van der Waals surface area contributed by atoms with E-state index in [1.165, 1.54) is 10.3 Å². The SMILES string of the molecule is Cc1ccc2sc(NCc3nc(C)no3)nc2c1. The fourth-order valence-corrected chi connectivity index (χ4v) is 2.52. The number of anilines is 1.